The van der Waals surface area contributed by atoms with Crippen molar-refractivity contribution in [1.29, 1.82) is 0 Å². The van der Waals surface area contributed by atoms with Gasteiger partial charge in [0.2, 0.25) is 10.0 Å². The standard InChI is InChI=1S/C16H15N3O3S2/c1-2-10-3-5-11(6-4-10)15(20)19-16-18-13-8-7-12(24(17,21)22)9-14(13)23-16/h3-9H,2H2,1H3,(H2,17,21,22)(H,18,19,20). The van der Waals surface area contributed by atoms with Crippen molar-refractivity contribution in [2.75, 3.05) is 5.32 Å². The second kappa shape index (κ2) is 6.31. The highest BCUT2D eigenvalue weighted by Gasteiger charge is 2.13. The monoisotopic (exact) mass is 361 g/mol. The molecule has 2 aromatic carbocycles. The minimum absolute atomic E-state index is 0.0201. The van der Waals surface area contributed by atoms with Crippen molar-refractivity contribution in [3.8, 4) is 0 Å². The number of aryl methyl sites for hydroxylation is 1. The lowest BCUT2D eigenvalue weighted by atomic mass is 10.1. The molecule has 1 heterocycles. The van der Waals surface area contributed by atoms with Gasteiger partial charge in [-0.15, -0.1) is 0 Å². The molecule has 1 amide bonds. The maximum Gasteiger partial charge on any atom is 0.257 e. The fourth-order valence-electron chi connectivity index (χ4n) is 2.20. The number of nitrogens with one attached hydrogen (secondary N) is 1. The molecule has 0 atom stereocenters. The summed E-state index contributed by atoms with van der Waals surface area (Å²) in [6.07, 6.45) is 0.909. The lowest BCUT2D eigenvalue weighted by Gasteiger charge is -2.02. The van der Waals surface area contributed by atoms with Gasteiger partial charge < -0.3 is 0 Å². The van der Waals surface area contributed by atoms with Crippen LogP contribution in [-0.2, 0) is 16.4 Å². The lowest BCUT2D eigenvalue weighted by molar-refractivity contribution is 0.102. The van der Waals surface area contributed by atoms with Crippen LogP contribution in [0.15, 0.2) is 47.4 Å². The van der Waals surface area contributed by atoms with E-state index in [2.05, 4.69) is 10.3 Å². The Labute approximate surface area is 143 Å². The molecule has 1 aromatic heterocycles. The summed E-state index contributed by atoms with van der Waals surface area (Å²) in [4.78, 5) is 16.6. The molecule has 0 unspecified atom stereocenters. The van der Waals surface area contributed by atoms with Crippen LogP contribution in [0.25, 0.3) is 10.2 Å². The smallest absolute Gasteiger partial charge is 0.257 e. The van der Waals surface area contributed by atoms with Gasteiger partial charge >= 0.3 is 0 Å². The number of benzene rings is 2. The first-order chi connectivity index (χ1) is 11.4. The van der Waals surface area contributed by atoms with Crippen LogP contribution in [-0.4, -0.2) is 19.3 Å². The number of anilines is 1. The minimum Gasteiger partial charge on any atom is -0.298 e. The average Bonchev–Trinajstić information content (AvgIpc) is 2.95. The summed E-state index contributed by atoms with van der Waals surface area (Å²) in [6.45, 7) is 2.05. The minimum atomic E-state index is -3.77. The number of hydrogen-bond acceptors (Lipinski definition) is 5. The van der Waals surface area contributed by atoms with Crippen molar-refractivity contribution in [3.63, 3.8) is 0 Å². The fourth-order valence-corrected chi connectivity index (χ4v) is 3.71. The Balaban J connectivity index is 1.85. The molecule has 24 heavy (non-hydrogen) atoms. The third-order valence-corrected chi connectivity index (χ3v) is 5.38. The molecule has 0 bridgehead atoms. The highest BCUT2D eigenvalue weighted by Crippen LogP contribution is 2.28. The third kappa shape index (κ3) is 3.45. The van der Waals surface area contributed by atoms with Crippen LogP contribution in [0.5, 0.6) is 0 Å². The van der Waals surface area contributed by atoms with Gasteiger partial charge in [-0.1, -0.05) is 30.4 Å². The summed E-state index contributed by atoms with van der Waals surface area (Å²) in [5.41, 5.74) is 2.29. The molecular weight excluding hydrogens is 346 g/mol. The number of thiazole rings is 1. The normalized spacial score (nSPS) is 11.6. The van der Waals surface area contributed by atoms with Gasteiger partial charge in [0.25, 0.3) is 5.91 Å². The molecule has 8 heteroatoms. The number of aromatic nitrogens is 1. The van der Waals surface area contributed by atoms with Crippen molar-refractivity contribution in [2.45, 2.75) is 18.2 Å². The van der Waals surface area contributed by atoms with Crippen LogP contribution in [0.1, 0.15) is 22.8 Å². The molecule has 0 spiro atoms. The largest absolute Gasteiger partial charge is 0.298 e. The van der Waals surface area contributed by atoms with E-state index in [-0.39, 0.29) is 10.8 Å². The number of carbonyl (C=O) groups is 1. The van der Waals surface area contributed by atoms with E-state index >= 15 is 0 Å². The van der Waals surface area contributed by atoms with Crippen molar-refractivity contribution in [1.82, 2.24) is 4.98 Å². The maximum absolute atomic E-state index is 12.3. The Morgan fingerprint density at radius 1 is 1.21 bits per heavy atom. The number of nitrogens with two attached hydrogens (primary N) is 1. The molecule has 3 N–H and O–H groups in total. The van der Waals surface area contributed by atoms with Gasteiger partial charge in [-0.25, -0.2) is 18.5 Å². The molecule has 0 saturated heterocycles. The predicted octanol–water partition coefficient (Wildman–Crippen LogP) is 2.76. The Kier molecular flexibility index (Phi) is 4.35. The molecule has 124 valence electrons. The number of fused-ring (bicyclic) bond motifs is 1. The zero-order valence-corrected chi connectivity index (χ0v) is 14.4. The van der Waals surface area contributed by atoms with Crippen molar-refractivity contribution >= 4 is 42.6 Å². The fraction of sp³-hybridized carbons (Fsp3) is 0.125. The van der Waals surface area contributed by atoms with E-state index in [0.717, 1.165) is 12.0 Å². The highest BCUT2D eigenvalue weighted by molar-refractivity contribution is 7.89. The predicted molar refractivity (Wildman–Crippen MR) is 94.8 cm³/mol. The van der Waals surface area contributed by atoms with E-state index in [1.54, 1.807) is 18.2 Å². The summed E-state index contributed by atoms with van der Waals surface area (Å²) < 4.78 is 23.4. The molecule has 0 radical (unpaired) electrons. The number of rotatable bonds is 4. The molecule has 3 rings (SSSR count). The molecule has 3 aromatic rings. The quantitative estimate of drug-likeness (QED) is 0.746. The zero-order chi connectivity index (χ0) is 17.3. The van der Waals surface area contributed by atoms with E-state index in [4.69, 9.17) is 5.14 Å². The van der Waals surface area contributed by atoms with E-state index in [9.17, 15) is 13.2 Å². The number of carbonyl (C=O) groups excluding carboxylic acids is 1. The van der Waals surface area contributed by atoms with Gasteiger partial charge in [0, 0.05) is 5.56 Å². The van der Waals surface area contributed by atoms with Crippen LogP contribution in [0.3, 0.4) is 0 Å². The average molecular weight is 361 g/mol. The highest BCUT2D eigenvalue weighted by atomic mass is 32.2. The lowest BCUT2D eigenvalue weighted by Crippen LogP contribution is -2.11. The van der Waals surface area contributed by atoms with Gasteiger partial charge in [0.15, 0.2) is 5.13 Å². The number of primary sulfonamides is 1. The van der Waals surface area contributed by atoms with Crippen molar-refractivity contribution in [2.24, 2.45) is 5.14 Å². The molecule has 0 aliphatic rings. The molecule has 0 fully saturated rings. The molecule has 0 aliphatic carbocycles. The first-order valence-corrected chi connectivity index (χ1v) is 9.57. The third-order valence-electron chi connectivity index (χ3n) is 3.53. The topological polar surface area (TPSA) is 102 Å². The van der Waals surface area contributed by atoms with Gasteiger partial charge in [-0.2, -0.15) is 0 Å². The van der Waals surface area contributed by atoms with Gasteiger partial charge in [0.1, 0.15) is 0 Å². The second-order valence-corrected chi connectivity index (χ2v) is 7.79. The number of amides is 1. The SMILES string of the molecule is CCc1ccc(C(=O)Nc2nc3ccc(S(N)(=O)=O)cc3s2)cc1. The van der Waals surface area contributed by atoms with Crippen LogP contribution in [0, 0.1) is 0 Å². The summed E-state index contributed by atoms with van der Waals surface area (Å²) in [7, 11) is -3.77. The molecule has 0 saturated carbocycles. The van der Waals surface area contributed by atoms with Crippen molar-refractivity contribution in [3.05, 3.63) is 53.6 Å². The number of nitrogens with zero attached hydrogens (tertiary/aromatic N) is 1. The van der Waals surface area contributed by atoms with E-state index < -0.39 is 10.0 Å². The first kappa shape index (κ1) is 16.6. The van der Waals surface area contributed by atoms with E-state index in [1.807, 2.05) is 19.1 Å². The first-order valence-electron chi connectivity index (χ1n) is 7.20. The Morgan fingerprint density at radius 3 is 2.54 bits per heavy atom. The van der Waals surface area contributed by atoms with Crippen LogP contribution >= 0.6 is 11.3 Å². The van der Waals surface area contributed by atoms with Crippen LogP contribution in [0.4, 0.5) is 5.13 Å². The van der Waals surface area contributed by atoms with Gasteiger partial charge in [-0.3, -0.25) is 10.1 Å². The van der Waals surface area contributed by atoms with Gasteiger partial charge in [0.05, 0.1) is 15.1 Å². The molecule has 0 aliphatic heterocycles. The number of sulfonamides is 1. The summed E-state index contributed by atoms with van der Waals surface area (Å²) in [5, 5.41) is 8.26. The Morgan fingerprint density at radius 2 is 1.92 bits per heavy atom. The van der Waals surface area contributed by atoms with Crippen LogP contribution < -0.4 is 10.5 Å². The number of hydrogen-bond donors (Lipinski definition) is 2. The Hall–Kier alpha value is -2.29. The van der Waals surface area contributed by atoms with E-state index in [1.165, 1.54) is 23.5 Å². The van der Waals surface area contributed by atoms with Gasteiger partial charge in [-0.05, 0) is 42.3 Å². The van der Waals surface area contributed by atoms with Crippen molar-refractivity contribution < 1.29 is 13.2 Å². The zero-order valence-electron chi connectivity index (χ0n) is 12.8. The van der Waals surface area contributed by atoms with Crippen LogP contribution in [0.2, 0.25) is 0 Å². The second-order valence-electron chi connectivity index (χ2n) is 5.20. The summed E-state index contributed by atoms with van der Waals surface area (Å²) >= 11 is 1.20. The molecule has 6 nitrogen and oxygen atoms in total. The van der Waals surface area contributed by atoms with E-state index in [0.29, 0.717) is 20.9 Å². The molecular formula is C16H15N3O3S2. The maximum atomic E-state index is 12.3. The summed E-state index contributed by atoms with van der Waals surface area (Å²) in [5.74, 6) is -0.261. The Bertz CT molecular complexity index is 1010. The summed E-state index contributed by atoms with van der Waals surface area (Å²) in [6, 6.07) is 11.8.